The minimum atomic E-state index is 0.191. The van der Waals surface area contributed by atoms with Crippen molar-refractivity contribution >= 4 is 11.9 Å². The molecule has 1 aliphatic rings. The smallest absolute Gasteiger partial charge is 0.163 e. The molecule has 0 amide bonds. The van der Waals surface area contributed by atoms with Crippen LogP contribution in [0.25, 0.3) is 6.08 Å². The summed E-state index contributed by atoms with van der Waals surface area (Å²) in [7, 11) is 4.05. The van der Waals surface area contributed by atoms with Crippen molar-refractivity contribution in [3.05, 3.63) is 41.0 Å². The Hall–Kier alpha value is -1.41. The van der Waals surface area contributed by atoms with Crippen LogP contribution >= 0.6 is 0 Å². The van der Waals surface area contributed by atoms with Crippen LogP contribution in [0.2, 0.25) is 0 Å². The van der Waals surface area contributed by atoms with Gasteiger partial charge in [0.05, 0.1) is 0 Å². The lowest BCUT2D eigenvalue weighted by Crippen LogP contribution is -2.24. The fourth-order valence-corrected chi connectivity index (χ4v) is 2.47. The third-order valence-corrected chi connectivity index (χ3v) is 3.45. The van der Waals surface area contributed by atoms with Crippen molar-refractivity contribution in [1.29, 1.82) is 0 Å². The molecule has 2 heteroatoms. The number of nitrogens with zero attached hydrogens (tertiary/aromatic N) is 1. The molecule has 18 heavy (non-hydrogen) atoms. The quantitative estimate of drug-likeness (QED) is 0.761. The standard InChI is InChI=1S/C16H21NO/c1-12-4-6-13(7-5-12)10-14-8-9-15(16(14)18)11-17(2)3/h4-7,10,15H,8-9,11H2,1-3H3/b14-10-. The summed E-state index contributed by atoms with van der Waals surface area (Å²) in [5.41, 5.74) is 3.38. The van der Waals surface area contributed by atoms with Crippen LogP contribution < -0.4 is 0 Å². The van der Waals surface area contributed by atoms with Gasteiger partial charge < -0.3 is 4.90 Å². The van der Waals surface area contributed by atoms with Gasteiger partial charge >= 0.3 is 0 Å². The van der Waals surface area contributed by atoms with E-state index in [-0.39, 0.29) is 5.92 Å². The maximum Gasteiger partial charge on any atom is 0.163 e. The highest BCUT2D eigenvalue weighted by atomic mass is 16.1. The van der Waals surface area contributed by atoms with Crippen molar-refractivity contribution < 1.29 is 4.79 Å². The first kappa shape index (κ1) is 13.0. The van der Waals surface area contributed by atoms with Crippen molar-refractivity contribution in [2.75, 3.05) is 20.6 Å². The van der Waals surface area contributed by atoms with Gasteiger partial charge in [-0.3, -0.25) is 4.79 Å². The molecule has 1 unspecified atom stereocenters. The molecule has 1 aromatic rings. The van der Waals surface area contributed by atoms with E-state index in [9.17, 15) is 4.79 Å². The number of Topliss-reactive ketones (excluding diaryl/α,β-unsaturated/α-hetero) is 1. The van der Waals surface area contributed by atoms with Crippen molar-refractivity contribution in [1.82, 2.24) is 4.90 Å². The zero-order valence-corrected chi connectivity index (χ0v) is 11.4. The van der Waals surface area contributed by atoms with Crippen LogP contribution in [0.4, 0.5) is 0 Å². The molecule has 0 bridgehead atoms. The lowest BCUT2D eigenvalue weighted by molar-refractivity contribution is -0.118. The van der Waals surface area contributed by atoms with E-state index in [1.165, 1.54) is 5.56 Å². The van der Waals surface area contributed by atoms with E-state index in [0.29, 0.717) is 5.78 Å². The number of hydrogen-bond acceptors (Lipinski definition) is 2. The van der Waals surface area contributed by atoms with Crippen LogP contribution in [0.15, 0.2) is 29.8 Å². The molecule has 1 aromatic carbocycles. The number of carbonyl (C=O) groups excluding carboxylic acids is 1. The van der Waals surface area contributed by atoms with Crippen molar-refractivity contribution in [3.63, 3.8) is 0 Å². The fourth-order valence-electron chi connectivity index (χ4n) is 2.47. The van der Waals surface area contributed by atoms with Gasteiger partial charge in [-0.2, -0.15) is 0 Å². The molecule has 2 nitrogen and oxygen atoms in total. The highest BCUT2D eigenvalue weighted by Gasteiger charge is 2.29. The fraction of sp³-hybridized carbons (Fsp3) is 0.438. The normalized spacial score (nSPS) is 22.1. The third-order valence-electron chi connectivity index (χ3n) is 3.45. The van der Waals surface area contributed by atoms with Crippen LogP contribution in [-0.2, 0) is 4.79 Å². The summed E-state index contributed by atoms with van der Waals surface area (Å²) in [5.74, 6) is 0.529. The van der Waals surface area contributed by atoms with Gasteiger partial charge in [-0.05, 0) is 51.1 Å². The van der Waals surface area contributed by atoms with Gasteiger partial charge in [-0.25, -0.2) is 0 Å². The lowest BCUT2D eigenvalue weighted by atomic mass is 10.0. The monoisotopic (exact) mass is 243 g/mol. The molecule has 0 heterocycles. The average Bonchev–Trinajstić information content (AvgIpc) is 2.64. The van der Waals surface area contributed by atoms with Gasteiger partial charge in [0.1, 0.15) is 0 Å². The second-order valence-corrected chi connectivity index (χ2v) is 5.44. The molecule has 1 fully saturated rings. The van der Waals surface area contributed by atoms with Gasteiger partial charge in [0.15, 0.2) is 5.78 Å². The Bertz CT molecular complexity index is 456. The van der Waals surface area contributed by atoms with Crippen LogP contribution in [0.5, 0.6) is 0 Å². The molecule has 0 spiro atoms. The number of rotatable bonds is 3. The maximum atomic E-state index is 12.2. The second kappa shape index (κ2) is 5.49. The third kappa shape index (κ3) is 3.08. The molecular formula is C16H21NO. The number of benzene rings is 1. The zero-order valence-electron chi connectivity index (χ0n) is 11.4. The van der Waals surface area contributed by atoms with E-state index in [4.69, 9.17) is 0 Å². The van der Waals surface area contributed by atoms with E-state index in [1.54, 1.807) is 0 Å². The van der Waals surface area contributed by atoms with Crippen molar-refractivity contribution in [3.8, 4) is 0 Å². The van der Waals surface area contributed by atoms with Gasteiger partial charge in [0.2, 0.25) is 0 Å². The Balaban J connectivity index is 2.11. The van der Waals surface area contributed by atoms with Crippen molar-refractivity contribution in [2.24, 2.45) is 5.92 Å². The number of ketones is 1. The molecular weight excluding hydrogens is 222 g/mol. The summed E-state index contributed by atoms with van der Waals surface area (Å²) >= 11 is 0. The zero-order chi connectivity index (χ0) is 13.1. The Morgan fingerprint density at radius 1 is 1.28 bits per heavy atom. The highest BCUT2D eigenvalue weighted by molar-refractivity contribution is 6.03. The molecule has 0 aliphatic heterocycles. The summed E-state index contributed by atoms with van der Waals surface area (Å²) in [5, 5.41) is 0. The second-order valence-electron chi connectivity index (χ2n) is 5.44. The van der Waals surface area contributed by atoms with Gasteiger partial charge in [-0.15, -0.1) is 0 Å². The van der Waals surface area contributed by atoms with Gasteiger partial charge in [0.25, 0.3) is 0 Å². The van der Waals surface area contributed by atoms with Gasteiger partial charge in [-0.1, -0.05) is 29.8 Å². The lowest BCUT2D eigenvalue weighted by Gasteiger charge is -2.13. The Morgan fingerprint density at radius 2 is 1.94 bits per heavy atom. The maximum absolute atomic E-state index is 12.2. The van der Waals surface area contributed by atoms with E-state index >= 15 is 0 Å². The number of carbonyl (C=O) groups is 1. The first-order chi connectivity index (χ1) is 8.56. The topological polar surface area (TPSA) is 20.3 Å². The van der Waals surface area contributed by atoms with Crippen LogP contribution in [-0.4, -0.2) is 31.3 Å². The largest absolute Gasteiger partial charge is 0.309 e. The van der Waals surface area contributed by atoms with E-state index < -0.39 is 0 Å². The summed E-state index contributed by atoms with van der Waals surface area (Å²) < 4.78 is 0. The summed E-state index contributed by atoms with van der Waals surface area (Å²) in [6.45, 7) is 2.94. The minimum Gasteiger partial charge on any atom is -0.309 e. The molecule has 1 atom stereocenters. The number of allylic oxidation sites excluding steroid dienone is 1. The van der Waals surface area contributed by atoms with E-state index in [0.717, 1.165) is 30.5 Å². The predicted molar refractivity (Wildman–Crippen MR) is 75.4 cm³/mol. The highest BCUT2D eigenvalue weighted by Crippen LogP contribution is 2.28. The van der Waals surface area contributed by atoms with Crippen molar-refractivity contribution in [2.45, 2.75) is 19.8 Å². The first-order valence-corrected chi connectivity index (χ1v) is 6.52. The van der Waals surface area contributed by atoms with E-state index in [1.807, 2.05) is 14.1 Å². The SMILES string of the molecule is Cc1ccc(/C=C2/CCC(CN(C)C)C2=O)cc1. The molecule has 2 rings (SSSR count). The molecule has 0 aromatic heterocycles. The Kier molecular flexibility index (Phi) is 3.97. The number of aryl methyl sites for hydroxylation is 1. The minimum absolute atomic E-state index is 0.191. The molecule has 1 saturated carbocycles. The predicted octanol–water partition coefficient (Wildman–Crippen LogP) is 2.92. The molecule has 96 valence electrons. The van der Waals surface area contributed by atoms with Gasteiger partial charge in [0, 0.05) is 12.5 Å². The Labute approximate surface area is 109 Å². The molecule has 1 aliphatic carbocycles. The molecule has 0 N–H and O–H groups in total. The summed E-state index contributed by atoms with van der Waals surface area (Å²) in [4.78, 5) is 14.3. The van der Waals surface area contributed by atoms with Crippen LogP contribution in [0.1, 0.15) is 24.0 Å². The van der Waals surface area contributed by atoms with Crippen LogP contribution in [0.3, 0.4) is 0 Å². The summed E-state index contributed by atoms with van der Waals surface area (Å²) in [6, 6.07) is 8.33. The van der Waals surface area contributed by atoms with E-state index in [2.05, 4.69) is 42.2 Å². The molecule has 0 saturated heterocycles. The Morgan fingerprint density at radius 3 is 2.56 bits per heavy atom. The molecule has 0 radical (unpaired) electrons. The average molecular weight is 243 g/mol. The first-order valence-electron chi connectivity index (χ1n) is 6.52. The van der Waals surface area contributed by atoms with Crippen LogP contribution in [0, 0.1) is 12.8 Å². The number of hydrogen-bond donors (Lipinski definition) is 0. The summed E-state index contributed by atoms with van der Waals surface area (Å²) in [6.07, 6.45) is 3.97.